The van der Waals surface area contributed by atoms with Crippen LogP contribution in [0.1, 0.15) is 24.0 Å². The third-order valence-corrected chi connectivity index (χ3v) is 7.02. The molecule has 184 valence electrons. The Bertz CT molecular complexity index is 994. The van der Waals surface area contributed by atoms with Gasteiger partial charge in [-0.15, -0.1) is 0 Å². The van der Waals surface area contributed by atoms with E-state index >= 15 is 0 Å². The molecule has 2 saturated heterocycles. The van der Waals surface area contributed by atoms with Crippen molar-refractivity contribution in [1.29, 1.82) is 0 Å². The first-order valence-electron chi connectivity index (χ1n) is 11.9. The number of carbonyl (C=O) groups excluding carboxylic acids is 2. The molecule has 1 spiro atoms. The summed E-state index contributed by atoms with van der Waals surface area (Å²) in [6.45, 7) is 3.96. The van der Waals surface area contributed by atoms with E-state index in [1.54, 1.807) is 7.11 Å². The highest BCUT2D eigenvalue weighted by molar-refractivity contribution is 6.07. The number of urea groups is 1. The molecule has 2 aliphatic heterocycles. The summed E-state index contributed by atoms with van der Waals surface area (Å²) >= 11 is 0. The lowest BCUT2D eigenvalue weighted by atomic mass is 9.85. The van der Waals surface area contributed by atoms with Crippen molar-refractivity contribution >= 4 is 11.9 Å². The first kappa shape index (κ1) is 24.2. The van der Waals surface area contributed by atoms with Crippen molar-refractivity contribution in [3.63, 3.8) is 0 Å². The van der Waals surface area contributed by atoms with Crippen LogP contribution in [0.25, 0.3) is 0 Å². The van der Waals surface area contributed by atoms with Gasteiger partial charge in [0.1, 0.15) is 11.3 Å². The number of hydrogen-bond acceptors (Lipinski definition) is 6. The quantitative estimate of drug-likeness (QED) is 0.523. The molecule has 0 aliphatic carbocycles. The van der Waals surface area contributed by atoms with Crippen molar-refractivity contribution in [2.75, 3.05) is 53.9 Å². The summed E-state index contributed by atoms with van der Waals surface area (Å²) in [6, 6.07) is 7.76. The number of ether oxygens (including phenoxy) is 1. The van der Waals surface area contributed by atoms with E-state index in [1.165, 1.54) is 4.90 Å². The Balaban J connectivity index is 1.49. The van der Waals surface area contributed by atoms with E-state index in [0.29, 0.717) is 38.9 Å². The smallest absolute Gasteiger partial charge is 0.327 e. The van der Waals surface area contributed by atoms with Crippen LogP contribution in [0.3, 0.4) is 0 Å². The topological polar surface area (TPSA) is 74.2 Å². The molecule has 3 heterocycles. The van der Waals surface area contributed by atoms with E-state index in [9.17, 15) is 9.59 Å². The highest BCUT2D eigenvalue weighted by Crippen LogP contribution is 2.37. The number of imide groups is 1. The number of likely N-dealkylation sites (tertiary alicyclic amines) is 1. The molecule has 2 fully saturated rings. The predicted molar refractivity (Wildman–Crippen MR) is 130 cm³/mol. The Morgan fingerprint density at radius 3 is 2.35 bits per heavy atom. The number of benzene rings is 1. The molecule has 0 saturated carbocycles. The lowest BCUT2D eigenvalue weighted by Crippen LogP contribution is -2.56. The molecule has 0 atom stereocenters. The zero-order valence-corrected chi connectivity index (χ0v) is 20.7. The maximum absolute atomic E-state index is 13.7. The number of rotatable bonds is 9. The second-order valence-corrected chi connectivity index (χ2v) is 9.62. The summed E-state index contributed by atoms with van der Waals surface area (Å²) in [5.41, 5.74) is 1.54. The second-order valence-electron chi connectivity index (χ2n) is 9.62. The van der Waals surface area contributed by atoms with Crippen LogP contribution in [-0.4, -0.2) is 101 Å². The molecule has 1 aromatic heterocycles. The van der Waals surface area contributed by atoms with E-state index in [4.69, 9.17) is 4.74 Å². The molecular formula is C25H36N6O3. The number of aromatic nitrogens is 2. The molecular weight excluding hydrogens is 432 g/mol. The van der Waals surface area contributed by atoms with Gasteiger partial charge in [-0.2, -0.15) is 5.10 Å². The van der Waals surface area contributed by atoms with Gasteiger partial charge in [-0.1, -0.05) is 12.1 Å². The molecule has 9 nitrogen and oxygen atoms in total. The van der Waals surface area contributed by atoms with Gasteiger partial charge in [-0.25, -0.2) is 4.79 Å². The second kappa shape index (κ2) is 10.1. The minimum atomic E-state index is -0.749. The van der Waals surface area contributed by atoms with Crippen LogP contribution in [0.5, 0.6) is 5.75 Å². The zero-order chi connectivity index (χ0) is 24.3. The van der Waals surface area contributed by atoms with E-state index in [2.05, 4.69) is 10.00 Å². The Hall–Kier alpha value is -2.91. The van der Waals surface area contributed by atoms with E-state index in [1.807, 2.05) is 72.3 Å². The van der Waals surface area contributed by atoms with Gasteiger partial charge < -0.3 is 14.5 Å². The maximum atomic E-state index is 13.7. The first-order valence-corrected chi connectivity index (χ1v) is 11.9. The van der Waals surface area contributed by atoms with Gasteiger partial charge in [0.2, 0.25) is 0 Å². The van der Waals surface area contributed by atoms with Crippen LogP contribution in [0.2, 0.25) is 0 Å². The Labute approximate surface area is 201 Å². The monoisotopic (exact) mass is 468 g/mol. The molecule has 0 bridgehead atoms. The number of carbonyl (C=O) groups is 2. The maximum Gasteiger partial charge on any atom is 0.327 e. The minimum Gasteiger partial charge on any atom is -0.497 e. The molecule has 0 N–H and O–H groups in total. The van der Waals surface area contributed by atoms with Crippen molar-refractivity contribution in [3.8, 4) is 5.75 Å². The van der Waals surface area contributed by atoms with Gasteiger partial charge in [0.15, 0.2) is 0 Å². The van der Waals surface area contributed by atoms with Gasteiger partial charge in [-0.3, -0.25) is 19.3 Å². The zero-order valence-electron chi connectivity index (χ0n) is 20.7. The number of likely N-dealkylation sites (N-methyl/N-ethyl adjacent to an activating group) is 1. The molecule has 9 heteroatoms. The number of methoxy groups -OCH3 is 1. The molecule has 0 radical (unpaired) electrons. The van der Waals surface area contributed by atoms with Gasteiger partial charge in [0, 0.05) is 58.1 Å². The third-order valence-electron chi connectivity index (χ3n) is 7.02. The lowest BCUT2D eigenvalue weighted by Gasteiger charge is -2.42. The van der Waals surface area contributed by atoms with Crippen molar-refractivity contribution in [2.45, 2.75) is 31.3 Å². The average molecular weight is 469 g/mol. The Morgan fingerprint density at radius 2 is 1.76 bits per heavy atom. The number of nitrogens with zero attached hydrogens (tertiary/aromatic N) is 6. The lowest BCUT2D eigenvalue weighted by molar-refractivity contribution is -0.135. The molecule has 2 aliphatic rings. The van der Waals surface area contributed by atoms with Crippen molar-refractivity contribution in [3.05, 3.63) is 47.8 Å². The highest BCUT2D eigenvalue weighted by Gasteiger charge is 2.57. The molecule has 3 amide bonds. The van der Waals surface area contributed by atoms with Gasteiger partial charge >= 0.3 is 6.03 Å². The molecule has 1 aromatic carbocycles. The third kappa shape index (κ3) is 4.95. The Morgan fingerprint density at radius 1 is 1.06 bits per heavy atom. The fraction of sp³-hybridized carbons (Fsp3) is 0.560. The Kier molecular flexibility index (Phi) is 7.23. The SMILES string of the molecule is COc1ccc(CCN2C(=O)N(CCN(C)C)C(=O)C23CCN(Cc2cnn(C)c2)CC3)cc1. The molecule has 4 rings (SSSR count). The molecule has 34 heavy (non-hydrogen) atoms. The van der Waals surface area contributed by atoms with Gasteiger partial charge in [0.25, 0.3) is 5.91 Å². The average Bonchev–Trinajstić information content (AvgIpc) is 3.32. The summed E-state index contributed by atoms with van der Waals surface area (Å²) in [5.74, 6) is 0.776. The van der Waals surface area contributed by atoms with E-state index < -0.39 is 5.54 Å². The fourth-order valence-electron chi connectivity index (χ4n) is 5.00. The number of amides is 3. The summed E-state index contributed by atoms with van der Waals surface area (Å²) in [7, 11) is 7.48. The van der Waals surface area contributed by atoms with Gasteiger partial charge in [-0.05, 0) is 51.1 Å². The normalized spacial score (nSPS) is 18.5. The number of piperidine rings is 1. The number of aryl methyl sites for hydroxylation is 1. The largest absolute Gasteiger partial charge is 0.497 e. The van der Waals surface area contributed by atoms with Crippen LogP contribution in [0.15, 0.2) is 36.7 Å². The fourth-order valence-corrected chi connectivity index (χ4v) is 5.00. The van der Waals surface area contributed by atoms with Crippen LogP contribution < -0.4 is 4.74 Å². The van der Waals surface area contributed by atoms with Crippen LogP contribution in [-0.2, 0) is 24.8 Å². The van der Waals surface area contributed by atoms with Crippen molar-refractivity contribution in [2.24, 2.45) is 7.05 Å². The van der Waals surface area contributed by atoms with Crippen LogP contribution in [0, 0.1) is 0 Å². The van der Waals surface area contributed by atoms with Gasteiger partial charge in [0.05, 0.1) is 13.3 Å². The number of hydrogen-bond donors (Lipinski definition) is 0. The molecule has 0 unspecified atom stereocenters. The molecule has 2 aromatic rings. The highest BCUT2D eigenvalue weighted by atomic mass is 16.5. The summed E-state index contributed by atoms with van der Waals surface area (Å²) in [4.78, 5) is 34.8. The van der Waals surface area contributed by atoms with E-state index in [-0.39, 0.29) is 11.9 Å². The standard InChI is InChI=1S/C25H36N6O3/c1-27(2)15-16-30-23(32)25(10-13-29(14-11-25)19-21-17-26-28(3)18-21)31(24(30)33)12-9-20-5-7-22(34-4)8-6-20/h5-8,17-18H,9-16,19H2,1-4H3. The van der Waals surface area contributed by atoms with Crippen molar-refractivity contribution < 1.29 is 14.3 Å². The predicted octanol–water partition coefficient (Wildman–Crippen LogP) is 1.83. The van der Waals surface area contributed by atoms with Crippen LogP contribution >= 0.6 is 0 Å². The van der Waals surface area contributed by atoms with Crippen molar-refractivity contribution in [1.82, 2.24) is 29.4 Å². The van der Waals surface area contributed by atoms with E-state index in [0.717, 1.165) is 36.5 Å². The van der Waals surface area contributed by atoms with Crippen LogP contribution in [0.4, 0.5) is 4.79 Å². The first-order chi connectivity index (χ1) is 16.3. The summed E-state index contributed by atoms with van der Waals surface area (Å²) in [5, 5.41) is 4.26. The summed E-state index contributed by atoms with van der Waals surface area (Å²) in [6.07, 6.45) is 5.92. The minimum absolute atomic E-state index is 0.0323. The summed E-state index contributed by atoms with van der Waals surface area (Å²) < 4.78 is 7.06.